The van der Waals surface area contributed by atoms with Crippen LogP contribution in [-0.2, 0) is 0 Å². The van der Waals surface area contributed by atoms with Gasteiger partial charge in [-0.2, -0.15) is 0 Å². The average Bonchev–Trinajstić information content (AvgIpc) is 1.88. The summed E-state index contributed by atoms with van der Waals surface area (Å²) < 4.78 is 2.58. The van der Waals surface area contributed by atoms with Crippen LogP contribution in [0.3, 0.4) is 0 Å². The third-order valence-corrected chi connectivity index (χ3v) is 2.54. The van der Waals surface area contributed by atoms with E-state index in [4.69, 9.17) is 0 Å². The first-order valence-corrected chi connectivity index (χ1v) is 6.00. The molecule has 8 heavy (non-hydrogen) atoms. The molecule has 0 saturated heterocycles. The molecule has 0 aliphatic carbocycles. The topological polar surface area (TPSA) is 0 Å². The molecule has 0 N–H and O–H groups in total. The summed E-state index contributed by atoms with van der Waals surface area (Å²) in [5, 5.41) is 0. The van der Waals surface area contributed by atoms with Gasteiger partial charge in [-0.25, -0.2) is 0 Å². The highest BCUT2D eigenvalue weighted by Crippen LogP contribution is 1.82. The summed E-state index contributed by atoms with van der Waals surface area (Å²) in [6.45, 7) is 4.35. The summed E-state index contributed by atoms with van der Waals surface area (Å²) in [6.07, 6.45) is 2.61. The lowest BCUT2D eigenvalue weighted by molar-refractivity contribution is 1.13. The van der Waals surface area contributed by atoms with Gasteiger partial charge in [-0.3, -0.25) is 0 Å². The number of hydrogen-bond acceptors (Lipinski definition) is 0. The van der Waals surface area contributed by atoms with Crippen LogP contribution in [-0.4, -0.2) is 8.86 Å². The van der Waals surface area contributed by atoms with Crippen LogP contribution >= 0.6 is 45.2 Å². The van der Waals surface area contributed by atoms with Crippen LogP contribution in [0.5, 0.6) is 0 Å². The molecule has 0 bridgehead atoms. The molecular weight excluding hydrogens is 326 g/mol. The van der Waals surface area contributed by atoms with Crippen LogP contribution in [0.15, 0.2) is 0 Å². The van der Waals surface area contributed by atoms with Crippen molar-refractivity contribution in [3.63, 3.8) is 0 Å². The molecule has 52 valence electrons. The number of halogens is 2. The van der Waals surface area contributed by atoms with E-state index in [1.165, 1.54) is 21.7 Å². The zero-order chi connectivity index (χ0) is 6.83. The van der Waals surface area contributed by atoms with Crippen LogP contribution in [0.25, 0.3) is 0 Å². The van der Waals surface area contributed by atoms with E-state index in [0.717, 1.165) is 0 Å². The zero-order valence-corrected chi connectivity index (χ0v) is 9.90. The van der Waals surface area contributed by atoms with Gasteiger partial charge in [-0.1, -0.05) is 59.0 Å². The summed E-state index contributed by atoms with van der Waals surface area (Å²) in [4.78, 5) is 0. The predicted octanol–water partition coefficient (Wildman–Crippen LogP) is 3.66. The number of hydrogen-bond donors (Lipinski definition) is 0. The number of alkyl halides is 2. The van der Waals surface area contributed by atoms with E-state index in [1.54, 1.807) is 0 Å². The largest absolute Gasteiger partial charge is 0.0864 e. The van der Waals surface area contributed by atoms with Gasteiger partial charge in [-0.05, 0) is 21.7 Å². The summed E-state index contributed by atoms with van der Waals surface area (Å²) in [6, 6.07) is 0. The maximum Gasteiger partial charge on any atom is -0.000735 e. The normalized spacial score (nSPS) is 7.50. The fraction of sp³-hybridized carbons (Fsp3) is 1.00. The Morgan fingerprint density at radius 2 is 1.00 bits per heavy atom. The van der Waals surface area contributed by atoms with Gasteiger partial charge in [0.05, 0.1) is 0 Å². The van der Waals surface area contributed by atoms with E-state index < -0.39 is 0 Å². The molecule has 0 spiro atoms. The second-order valence-corrected chi connectivity index (χ2v) is 3.54. The first kappa shape index (κ1) is 12.2. The van der Waals surface area contributed by atoms with Gasteiger partial charge >= 0.3 is 0 Å². The minimum Gasteiger partial charge on any atom is -0.0864 e. The van der Waals surface area contributed by atoms with Crippen molar-refractivity contribution in [1.82, 2.24) is 0 Å². The van der Waals surface area contributed by atoms with E-state index in [2.05, 4.69) is 59.0 Å². The zero-order valence-electron chi connectivity index (χ0n) is 5.58. The Labute approximate surface area is 80.1 Å². The Morgan fingerprint density at radius 3 is 1.00 bits per heavy atom. The smallest absolute Gasteiger partial charge is 0.000735 e. The van der Waals surface area contributed by atoms with Gasteiger partial charge < -0.3 is 0 Å². The molecular formula is C6H14I2. The fourth-order valence-corrected chi connectivity index (χ4v) is 0. The second-order valence-electron chi connectivity index (χ2n) is 1.38. The van der Waals surface area contributed by atoms with Crippen LogP contribution in [0.4, 0.5) is 0 Å². The van der Waals surface area contributed by atoms with Crippen molar-refractivity contribution in [2.24, 2.45) is 0 Å². The summed E-state index contributed by atoms with van der Waals surface area (Å²) in [5.74, 6) is 0. The first-order chi connectivity index (χ1) is 3.83. The minimum absolute atomic E-state index is 1.29. The molecule has 0 rings (SSSR count). The van der Waals surface area contributed by atoms with E-state index in [1.807, 2.05) is 0 Å². The van der Waals surface area contributed by atoms with Gasteiger partial charge in [-0.15, -0.1) is 0 Å². The summed E-state index contributed by atoms with van der Waals surface area (Å²) in [5.41, 5.74) is 0. The van der Waals surface area contributed by atoms with Gasteiger partial charge in [0, 0.05) is 0 Å². The Morgan fingerprint density at radius 1 is 0.875 bits per heavy atom. The van der Waals surface area contributed by atoms with Gasteiger partial charge in [0.25, 0.3) is 0 Å². The Hall–Kier alpha value is 1.46. The molecule has 0 saturated carbocycles. The molecule has 0 atom stereocenters. The molecule has 0 unspecified atom stereocenters. The third kappa shape index (κ3) is 26.0. The highest BCUT2D eigenvalue weighted by molar-refractivity contribution is 14.1. The molecule has 0 nitrogen and oxygen atoms in total. The highest BCUT2D eigenvalue weighted by atomic mass is 127. The second kappa shape index (κ2) is 15.8. The molecule has 0 aliphatic heterocycles. The van der Waals surface area contributed by atoms with E-state index >= 15 is 0 Å². The first-order valence-electron chi connectivity index (χ1n) is 2.95. The Kier molecular flexibility index (Phi) is 24.0. The Bertz CT molecular complexity index is 14.5. The monoisotopic (exact) mass is 340 g/mol. The highest BCUT2D eigenvalue weighted by Gasteiger charge is 1.59. The molecule has 0 fully saturated rings. The molecule has 2 heteroatoms. The van der Waals surface area contributed by atoms with Crippen molar-refractivity contribution < 1.29 is 0 Å². The average molecular weight is 340 g/mol. The summed E-state index contributed by atoms with van der Waals surface area (Å²) in [7, 11) is 0. The van der Waals surface area contributed by atoms with E-state index in [-0.39, 0.29) is 0 Å². The standard InChI is InChI=1S/2C3H7I/c2*1-2-3-4/h2*2-3H2,1H3. The van der Waals surface area contributed by atoms with Crippen molar-refractivity contribution in [3.05, 3.63) is 0 Å². The van der Waals surface area contributed by atoms with Crippen molar-refractivity contribution in [2.45, 2.75) is 26.7 Å². The van der Waals surface area contributed by atoms with Crippen molar-refractivity contribution in [2.75, 3.05) is 8.86 Å². The van der Waals surface area contributed by atoms with Crippen molar-refractivity contribution >= 4 is 45.2 Å². The molecule has 0 radical (unpaired) electrons. The van der Waals surface area contributed by atoms with Gasteiger partial charge in [0.15, 0.2) is 0 Å². The van der Waals surface area contributed by atoms with E-state index in [0.29, 0.717) is 0 Å². The maximum absolute atomic E-state index is 2.35. The molecule has 0 aromatic heterocycles. The SMILES string of the molecule is CCCI.CCCI. The molecule has 0 heterocycles. The molecule has 0 aromatic carbocycles. The molecule has 0 amide bonds. The quantitative estimate of drug-likeness (QED) is 0.532. The minimum atomic E-state index is 1.29. The van der Waals surface area contributed by atoms with Crippen LogP contribution in [0, 0.1) is 0 Å². The Balaban J connectivity index is 0. The van der Waals surface area contributed by atoms with Gasteiger partial charge in [0.2, 0.25) is 0 Å². The van der Waals surface area contributed by atoms with Crippen LogP contribution < -0.4 is 0 Å². The maximum atomic E-state index is 2.35. The predicted molar refractivity (Wildman–Crippen MR) is 58.4 cm³/mol. The lowest BCUT2D eigenvalue weighted by atomic mass is 10.6. The molecule has 0 aromatic rings. The van der Waals surface area contributed by atoms with Crippen molar-refractivity contribution in [3.8, 4) is 0 Å². The van der Waals surface area contributed by atoms with Crippen molar-refractivity contribution in [1.29, 1.82) is 0 Å². The molecule has 0 aliphatic rings. The summed E-state index contributed by atoms with van der Waals surface area (Å²) >= 11 is 4.70. The van der Waals surface area contributed by atoms with Crippen LogP contribution in [0.2, 0.25) is 0 Å². The van der Waals surface area contributed by atoms with Gasteiger partial charge in [0.1, 0.15) is 0 Å². The number of rotatable bonds is 2. The van der Waals surface area contributed by atoms with Crippen LogP contribution in [0.1, 0.15) is 26.7 Å². The third-order valence-electron chi connectivity index (χ3n) is 0.378. The fourth-order valence-electron chi connectivity index (χ4n) is 0. The lowest BCUT2D eigenvalue weighted by Crippen LogP contribution is -1.54. The lowest BCUT2D eigenvalue weighted by Gasteiger charge is -1.66. The van der Waals surface area contributed by atoms with E-state index in [9.17, 15) is 0 Å².